The average Bonchev–Trinajstić information content (AvgIpc) is 3.08. The Kier molecular flexibility index (Phi) is 10.9. The molecule has 2 atom stereocenters. The molecule has 0 bridgehead atoms. The number of hydrogen-bond donors (Lipinski definition) is 1. The van der Waals surface area contributed by atoms with Crippen molar-refractivity contribution in [3.63, 3.8) is 0 Å². The van der Waals surface area contributed by atoms with Gasteiger partial charge in [-0.15, -0.1) is 0 Å². The van der Waals surface area contributed by atoms with Crippen LogP contribution in [-0.4, -0.2) is 77.2 Å². The number of anilines is 2. The van der Waals surface area contributed by atoms with Crippen molar-refractivity contribution >= 4 is 11.8 Å². The molecule has 3 fully saturated rings. The van der Waals surface area contributed by atoms with Gasteiger partial charge in [0.1, 0.15) is 5.82 Å². The Morgan fingerprint density at radius 2 is 1.60 bits per heavy atom. The van der Waals surface area contributed by atoms with Gasteiger partial charge in [-0.25, -0.2) is 4.98 Å². The Hall–Kier alpha value is -1.40. The summed E-state index contributed by atoms with van der Waals surface area (Å²) in [5.41, 5.74) is 0. The molecule has 0 aromatic carbocycles. The van der Waals surface area contributed by atoms with E-state index < -0.39 is 0 Å². The lowest BCUT2D eigenvalue weighted by molar-refractivity contribution is 0.129. The van der Waals surface area contributed by atoms with Gasteiger partial charge in [-0.3, -0.25) is 4.90 Å². The molecule has 2 unspecified atom stereocenters. The standard InChI is InChI=1S/C29H52N6/c1-3-19-33(20-4-2)21-12-15-27-26(17-24-35(27)25-13-8-7-9-14-25)31-29-30-18-16-28(32-29)34-22-10-5-6-11-23-34/h16,18,25-27H,3-15,17,19-24H2,1-2H3,(H,30,31,32). The highest BCUT2D eigenvalue weighted by molar-refractivity contribution is 5.43. The highest BCUT2D eigenvalue weighted by Gasteiger charge is 2.38. The Morgan fingerprint density at radius 1 is 0.886 bits per heavy atom. The fraction of sp³-hybridized carbons (Fsp3) is 0.862. The molecule has 0 radical (unpaired) electrons. The van der Waals surface area contributed by atoms with Crippen LogP contribution in [0.25, 0.3) is 0 Å². The molecule has 1 aliphatic carbocycles. The van der Waals surface area contributed by atoms with E-state index in [0.29, 0.717) is 12.1 Å². The summed E-state index contributed by atoms with van der Waals surface area (Å²) in [7, 11) is 0. The van der Waals surface area contributed by atoms with Crippen LogP contribution in [0.2, 0.25) is 0 Å². The lowest BCUT2D eigenvalue weighted by Crippen LogP contribution is -2.45. The minimum absolute atomic E-state index is 0.460. The third-order valence-electron chi connectivity index (χ3n) is 8.57. The van der Waals surface area contributed by atoms with Crippen molar-refractivity contribution in [2.45, 2.75) is 122 Å². The van der Waals surface area contributed by atoms with E-state index in [4.69, 9.17) is 4.98 Å². The maximum atomic E-state index is 5.01. The molecule has 0 spiro atoms. The van der Waals surface area contributed by atoms with E-state index in [1.54, 1.807) is 0 Å². The molecule has 0 amide bonds. The quantitative estimate of drug-likeness (QED) is 0.396. The molecular formula is C29H52N6. The lowest BCUT2D eigenvalue weighted by Gasteiger charge is -2.37. The zero-order valence-electron chi connectivity index (χ0n) is 22.8. The monoisotopic (exact) mass is 484 g/mol. The number of nitrogens with zero attached hydrogens (tertiary/aromatic N) is 5. The Balaban J connectivity index is 1.41. The highest BCUT2D eigenvalue weighted by Crippen LogP contribution is 2.32. The van der Waals surface area contributed by atoms with Crippen molar-refractivity contribution in [1.29, 1.82) is 0 Å². The second-order valence-corrected chi connectivity index (χ2v) is 11.3. The van der Waals surface area contributed by atoms with Gasteiger partial charge in [0.05, 0.1) is 0 Å². The molecule has 6 heteroatoms. The average molecular weight is 485 g/mol. The zero-order valence-corrected chi connectivity index (χ0v) is 22.8. The molecule has 3 aliphatic rings. The second kappa shape index (κ2) is 14.4. The molecule has 1 N–H and O–H groups in total. The SMILES string of the molecule is CCCN(CCC)CCCC1C(Nc2nccc(N3CCCCCC3)n2)CCN1C1CCCCC1. The molecule has 198 valence electrons. The van der Waals surface area contributed by atoms with Gasteiger partial charge < -0.3 is 15.1 Å². The number of rotatable bonds is 12. The van der Waals surface area contributed by atoms with Gasteiger partial charge in [-0.2, -0.15) is 4.98 Å². The largest absolute Gasteiger partial charge is 0.356 e. The van der Waals surface area contributed by atoms with Crippen LogP contribution in [0.15, 0.2) is 12.3 Å². The van der Waals surface area contributed by atoms with Gasteiger partial charge in [0, 0.05) is 44.0 Å². The summed E-state index contributed by atoms with van der Waals surface area (Å²) in [6.07, 6.45) is 20.5. The molecule has 2 aliphatic heterocycles. The van der Waals surface area contributed by atoms with Gasteiger partial charge in [-0.1, -0.05) is 46.0 Å². The van der Waals surface area contributed by atoms with Crippen LogP contribution >= 0.6 is 0 Å². The number of hydrogen-bond acceptors (Lipinski definition) is 6. The number of nitrogens with one attached hydrogen (secondary N) is 1. The van der Waals surface area contributed by atoms with E-state index in [-0.39, 0.29) is 0 Å². The molecule has 1 saturated carbocycles. The molecule has 1 aromatic heterocycles. The van der Waals surface area contributed by atoms with Crippen molar-refractivity contribution in [2.75, 3.05) is 49.5 Å². The minimum Gasteiger partial charge on any atom is -0.356 e. The van der Waals surface area contributed by atoms with Crippen LogP contribution in [-0.2, 0) is 0 Å². The van der Waals surface area contributed by atoms with Gasteiger partial charge in [0.25, 0.3) is 0 Å². The molecule has 35 heavy (non-hydrogen) atoms. The Morgan fingerprint density at radius 3 is 2.31 bits per heavy atom. The first-order chi connectivity index (χ1) is 17.3. The smallest absolute Gasteiger partial charge is 0.224 e. The Bertz CT molecular complexity index is 707. The molecule has 4 rings (SSSR count). The van der Waals surface area contributed by atoms with Crippen molar-refractivity contribution in [3.8, 4) is 0 Å². The van der Waals surface area contributed by atoms with E-state index in [0.717, 1.165) is 30.9 Å². The number of likely N-dealkylation sites (tertiary alicyclic amines) is 1. The van der Waals surface area contributed by atoms with E-state index in [2.05, 4.69) is 44.9 Å². The van der Waals surface area contributed by atoms with Gasteiger partial charge in [0.2, 0.25) is 5.95 Å². The third-order valence-corrected chi connectivity index (χ3v) is 8.57. The number of aromatic nitrogens is 2. The summed E-state index contributed by atoms with van der Waals surface area (Å²) in [5, 5.41) is 3.84. The fourth-order valence-corrected chi connectivity index (χ4v) is 6.83. The predicted molar refractivity (Wildman–Crippen MR) is 148 cm³/mol. The van der Waals surface area contributed by atoms with E-state index >= 15 is 0 Å². The van der Waals surface area contributed by atoms with Gasteiger partial charge >= 0.3 is 0 Å². The summed E-state index contributed by atoms with van der Waals surface area (Å²) in [5.74, 6) is 1.95. The summed E-state index contributed by atoms with van der Waals surface area (Å²) in [4.78, 5) is 17.7. The first-order valence-corrected chi connectivity index (χ1v) is 15.1. The normalized spacial score (nSPS) is 24.7. The van der Waals surface area contributed by atoms with E-state index in [1.807, 2.05) is 6.20 Å². The minimum atomic E-state index is 0.460. The van der Waals surface area contributed by atoms with Crippen molar-refractivity contribution in [2.24, 2.45) is 0 Å². The maximum absolute atomic E-state index is 5.01. The summed E-state index contributed by atoms with van der Waals surface area (Å²) < 4.78 is 0. The second-order valence-electron chi connectivity index (χ2n) is 11.3. The first kappa shape index (κ1) is 26.7. The van der Waals surface area contributed by atoms with E-state index in [9.17, 15) is 0 Å². The highest BCUT2D eigenvalue weighted by atomic mass is 15.3. The van der Waals surface area contributed by atoms with Crippen LogP contribution in [0.3, 0.4) is 0 Å². The maximum Gasteiger partial charge on any atom is 0.224 e. The van der Waals surface area contributed by atoms with Crippen molar-refractivity contribution < 1.29 is 0 Å². The van der Waals surface area contributed by atoms with Crippen LogP contribution in [0.1, 0.15) is 104 Å². The molecular weight excluding hydrogens is 432 g/mol. The van der Waals surface area contributed by atoms with E-state index in [1.165, 1.54) is 116 Å². The topological polar surface area (TPSA) is 47.5 Å². The predicted octanol–water partition coefficient (Wildman–Crippen LogP) is 5.95. The van der Waals surface area contributed by atoms with Crippen molar-refractivity contribution in [1.82, 2.24) is 19.8 Å². The molecule has 1 aromatic rings. The summed E-state index contributed by atoms with van der Waals surface area (Å²) in [6.45, 7) is 11.8. The summed E-state index contributed by atoms with van der Waals surface area (Å²) >= 11 is 0. The lowest BCUT2D eigenvalue weighted by atomic mass is 9.92. The fourth-order valence-electron chi connectivity index (χ4n) is 6.83. The first-order valence-electron chi connectivity index (χ1n) is 15.1. The van der Waals surface area contributed by atoms with Crippen LogP contribution < -0.4 is 10.2 Å². The van der Waals surface area contributed by atoms with Crippen LogP contribution in [0, 0.1) is 0 Å². The van der Waals surface area contributed by atoms with Gasteiger partial charge in [-0.05, 0) is 83.5 Å². The molecule has 6 nitrogen and oxygen atoms in total. The Labute approximate surface area is 215 Å². The van der Waals surface area contributed by atoms with Gasteiger partial charge in [0.15, 0.2) is 0 Å². The zero-order chi connectivity index (χ0) is 24.3. The third kappa shape index (κ3) is 7.79. The molecule has 2 saturated heterocycles. The van der Waals surface area contributed by atoms with Crippen LogP contribution in [0.5, 0.6) is 0 Å². The van der Waals surface area contributed by atoms with Crippen molar-refractivity contribution in [3.05, 3.63) is 12.3 Å². The summed E-state index contributed by atoms with van der Waals surface area (Å²) in [6, 6.07) is 3.95. The van der Waals surface area contributed by atoms with Crippen LogP contribution in [0.4, 0.5) is 11.8 Å². The molecule has 3 heterocycles.